The molecule has 0 radical (unpaired) electrons. The number of hydrogen-bond acceptors (Lipinski definition) is 2. The third-order valence-corrected chi connectivity index (χ3v) is 2.92. The van der Waals surface area contributed by atoms with E-state index in [1.165, 1.54) is 7.11 Å². The second-order valence-electron chi connectivity index (χ2n) is 3.38. The van der Waals surface area contributed by atoms with Gasteiger partial charge in [0.25, 0.3) is 0 Å². The van der Waals surface area contributed by atoms with E-state index < -0.39 is 0 Å². The quantitative estimate of drug-likeness (QED) is 0.542. The molecule has 12 heavy (non-hydrogen) atoms. The SMILES string of the molecule is COC(=O)C[C@H](C)CC(C)CBr. The van der Waals surface area contributed by atoms with Gasteiger partial charge in [-0.25, -0.2) is 0 Å². The van der Waals surface area contributed by atoms with Crippen LogP contribution in [0.5, 0.6) is 0 Å². The topological polar surface area (TPSA) is 26.3 Å². The van der Waals surface area contributed by atoms with E-state index in [2.05, 4.69) is 34.5 Å². The highest BCUT2D eigenvalue weighted by molar-refractivity contribution is 9.09. The van der Waals surface area contributed by atoms with Crippen LogP contribution in [0.3, 0.4) is 0 Å². The van der Waals surface area contributed by atoms with Crippen LogP contribution in [0.15, 0.2) is 0 Å². The van der Waals surface area contributed by atoms with Crippen LogP contribution in [-0.2, 0) is 9.53 Å². The summed E-state index contributed by atoms with van der Waals surface area (Å²) in [6, 6.07) is 0. The Morgan fingerprint density at radius 2 is 2.00 bits per heavy atom. The van der Waals surface area contributed by atoms with Gasteiger partial charge in [-0.1, -0.05) is 29.8 Å². The lowest BCUT2D eigenvalue weighted by Crippen LogP contribution is -2.10. The third-order valence-electron chi connectivity index (χ3n) is 1.81. The molecule has 0 N–H and O–H groups in total. The number of halogens is 1. The van der Waals surface area contributed by atoms with E-state index in [9.17, 15) is 4.79 Å². The Balaban J connectivity index is 3.58. The Morgan fingerprint density at radius 1 is 1.42 bits per heavy atom. The number of methoxy groups -OCH3 is 1. The second kappa shape index (κ2) is 6.46. The van der Waals surface area contributed by atoms with Crippen LogP contribution in [0.25, 0.3) is 0 Å². The smallest absolute Gasteiger partial charge is 0.305 e. The minimum atomic E-state index is -0.107. The van der Waals surface area contributed by atoms with Crippen LogP contribution < -0.4 is 0 Å². The van der Waals surface area contributed by atoms with E-state index in [0.29, 0.717) is 18.3 Å². The van der Waals surface area contributed by atoms with Gasteiger partial charge in [0.05, 0.1) is 7.11 Å². The number of hydrogen-bond donors (Lipinski definition) is 0. The van der Waals surface area contributed by atoms with Gasteiger partial charge in [0.2, 0.25) is 0 Å². The normalized spacial score (nSPS) is 15.3. The van der Waals surface area contributed by atoms with Crippen molar-refractivity contribution in [3.63, 3.8) is 0 Å². The first kappa shape index (κ1) is 11.9. The first-order valence-electron chi connectivity index (χ1n) is 4.23. The summed E-state index contributed by atoms with van der Waals surface area (Å²) in [6.07, 6.45) is 1.61. The lowest BCUT2D eigenvalue weighted by atomic mass is 9.96. The van der Waals surface area contributed by atoms with Gasteiger partial charge in [0.1, 0.15) is 0 Å². The van der Waals surface area contributed by atoms with E-state index in [0.717, 1.165) is 11.8 Å². The predicted molar refractivity (Wildman–Crippen MR) is 53.4 cm³/mol. The molecular formula is C9H17BrO2. The fourth-order valence-electron chi connectivity index (χ4n) is 1.20. The Bertz CT molecular complexity index is 136. The number of rotatable bonds is 5. The maximum Gasteiger partial charge on any atom is 0.305 e. The van der Waals surface area contributed by atoms with Crippen molar-refractivity contribution in [1.29, 1.82) is 0 Å². The van der Waals surface area contributed by atoms with Crippen molar-refractivity contribution in [2.45, 2.75) is 26.7 Å². The number of ether oxygens (including phenoxy) is 1. The van der Waals surface area contributed by atoms with Crippen molar-refractivity contribution in [2.75, 3.05) is 12.4 Å². The van der Waals surface area contributed by atoms with Crippen LogP contribution in [-0.4, -0.2) is 18.4 Å². The summed E-state index contributed by atoms with van der Waals surface area (Å²) in [7, 11) is 1.43. The van der Waals surface area contributed by atoms with Crippen LogP contribution in [0.2, 0.25) is 0 Å². The molecule has 1 unspecified atom stereocenters. The van der Waals surface area contributed by atoms with Gasteiger partial charge in [-0.2, -0.15) is 0 Å². The molecule has 0 aromatic heterocycles. The molecule has 0 saturated heterocycles. The standard InChI is InChI=1S/C9H17BrO2/c1-7(4-8(2)6-10)5-9(11)12-3/h7-8H,4-6H2,1-3H3/t7-,8?/m1/s1. The molecule has 0 amide bonds. The van der Waals surface area contributed by atoms with Crippen molar-refractivity contribution in [1.82, 2.24) is 0 Å². The molecule has 72 valence electrons. The molecule has 0 aromatic rings. The van der Waals surface area contributed by atoms with E-state index in [4.69, 9.17) is 0 Å². The van der Waals surface area contributed by atoms with Gasteiger partial charge < -0.3 is 4.74 Å². The highest BCUT2D eigenvalue weighted by atomic mass is 79.9. The highest BCUT2D eigenvalue weighted by Gasteiger charge is 2.11. The first-order chi connectivity index (χ1) is 5.60. The zero-order valence-corrected chi connectivity index (χ0v) is 9.56. The molecule has 0 heterocycles. The molecule has 2 nitrogen and oxygen atoms in total. The van der Waals surface area contributed by atoms with Gasteiger partial charge >= 0.3 is 5.97 Å². The molecular weight excluding hydrogens is 220 g/mol. The Labute approximate surface area is 82.8 Å². The molecule has 2 atom stereocenters. The molecule has 0 rings (SSSR count). The number of esters is 1. The van der Waals surface area contributed by atoms with Crippen molar-refractivity contribution < 1.29 is 9.53 Å². The minimum absolute atomic E-state index is 0.107. The summed E-state index contributed by atoms with van der Waals surface area (Å²) in [5, 5.41) is 0.999. The summed E-state index contributed by atoms with van der Waals surface area (Å²) in [5.41, 5.74) is 0. The van der Waals surface area contributed by atoms with Crippen LogP contribution in [0.1, 0.15) is 26.7 Å². The summed E-state index contributed by atoms with van der Waals surface area (Å²) < 4.78 is 4.59. The zero-order valence-electron chi connectivity index (χ0n) is 7.97. The van der Waals surface area contributed by atoms with E-state index in [1.807, 2.05) is 0 Å². The third kappa shape index (κ3) is 5.58. The second-order valence-corrected chi connectivity index (χ2v) is 4.03. The van der Waals surface area contributed by atoms with Gasteiger partial charge in [-0.15, -0.1) is 0 Å². The largest absolute Gasteiger partial charge is 0.469 e. The highest BCUT2D eigenvalue weighted by Crippen LogP contribution is 2.16. The van der Waals surface area contributed by atoms with Gasteiger partial charge in [-0.05, 0) is 18.3 Å². The van der Waals surface area contributed by atoms with Crippen molar-refractivity contribution >= 4 is 21.9 Å². The number of alkyl halides is 1. The molecule has 0 aliphatic carbocycles. The van der Waals surface area contributed by atoms with Gasteiger partial charge in [0, 0.05) is 11.8 Å². The molecule has 0 aliphatic rings. The lowest BCUT2D eigenvalue weighted by Gasteiger charge is -2.13. The van der Waals surface area contributed by atoms with Crippen molar-refractivity contribution in [3.05, 3.63) is 0 Å². The average Bonchev–Trinajstić information content (AvgIpc) is 2.03. The maximum atomic E-state index is 10.9. The molecule has 0 aromatic carbocycles. The van der Waals surface area contributed by atoms with Crippen LogP contribution in [0, 0.1) is 11.8 Å². The van der Waals surface area contributed by atoms with Gasteiger partial charge in [-0.3, -0.25) is 4.79 Å². The van der Waals surface area contributed by atoms with Gasteiger partial charge in [0.15, 0.2) is 0 Å². The molecule has 0 fully saturated rings. The fourth-order valence-corrected chi connectivity index (χ4v) is 1.47. The van der Waals surface area contributed by atoms with Crippen LogP contribution >= 0.6 is 15.9 Å². The molecule has 3 heteroatoms. The maximum absolute atomic E-state index is 10.9. The summed E-state index contributed by atoms with van der Waals surface area (Å²) in [6.45, 7) is 4.25. The fraction of sp³-hybridized carbons (Fsp3) is 0.889. The minimum Gasteiger partial charge on any atom is -0.469 e. The van der Waals surface area contributed by atoms with Crippen molar-refractivity contribution in [2.24, 2.45) is 11.8 Å². The Morgan fingerprint density at radius 3 is 2.42 bits per heavy atom. The van der Waals surface area contributed by atoms with E-state index in [1.54, 1.807) is 0 Å². The van der Waals surface area contributed by atoms with E-state index >= 15 is 0 Å². The average molecular weight is 237 g/mol. The molecule has 0 spiro atoms. The van der Waals surface area contributed by atoms with Crippen LogP contribution in [0.4, 0.5) is 0 Å². The summed E-state index contributed by atoms with van der Waals surface area (Å²) >= 11 is 3.41. The monoisotopic (exact) mass is 236 g/mol. The molecule has 0 bridgehead atoms. The predicted octanol–water partition coefficient (Wildman–Crippen LogP) is 2.61. The van der Waals surface area contributed by atoms with Crippen molar-refractivity contribution in [3.8, 4) is 0 Å². The molecule has 0 aliphatic heterocycles. The number of carbonyl (C=O) groups is 1. The number of carbonyl (C=O) groups excluding carboxylic acids is 1. The molecule has 0 saturated carbocycles. The lowest BCUT2D eigenvalue weighted by molar-refractivity contribution is -0.141. The first-order valence-corrected chi connectivity index (χ1v) is 5.35. The summed E-state index contributed by atoms with van der Waals surface area (Å²) in [5.74, 6) is 0.943. The zero-order chi connectivity index (χ0) is 9.56. The Hall–Kier alpha value is -0.0500. The summed E-state index contributed by atoms with van der Waals surface area (Å²) in [4.78, 5) is 10.9. The Kier molecular flexibility index (Phi) is 6.44. The van der Waals surface area contributed by atoms with E-state index in [-0.39, 0.29) is 5.97 Å².